The maximum atomic E-state index is 12.3. The molecule has 1 fully saturated rings. The number of anilines is 1. The van der Waals surface area contributed by atoms with Crippen LogP contribution in [0.1, 0.15) is 19.3 Å². The van der Waals surface area contributed by atoms with Gasteiger partial charge in [-0.2, -0.15) is 0 Å². The van der Waals surface area contributed by atoms with Gasteiger partial charge in [0.1, 0.15) is 0 Å². The molecule has 1 aromatic carbocycles. The smallest absolute Gasteiger partial charge is 0.321 e. The zero-order valence-corrected chi connectivity index (χ0v) is 14.1. The summed E-state index contributed by atoms with van der Waals surface area (Å²) in [7, 11) is 4.97. The molecule has 1 aliphatic rings. The van der Waals surface area contributed by atoms with E-state index in [9.17, 15) is 4.79 Å². The van der Waals surface area contributed by atoms with Crippen molar-refractivity contribution in [2.45, 2.75) is 19.3 Å². The first-order chi connectivity index (χ1) is 11.1. The van der Waals surface area contributed by atoms with E-state index in [-0.39, 0.29) is 6.03 Å². The number of methoxy groups -OCH3 is 2. The lowest BCUT2D eigenvalue weighted by Crippen LogP contribution is -2.33. The Hall–Kier alpha value is -1.95. The van der Waals surface area contributed by atoms with Crippen molar-refractivity contribution < 1.29 is 19.0 Å². The summed E-state index contributed by atoms with van der Waals surface area (Å²) in [6, 6.07) is 5.20. The highest BCUT2D eigenvalue weighted by Gasteiger charge is 2.16. The van der Waals surface area contributed by atoms with Crippen molar-refractivity contribution in [2.75, 3.05) is 46.3 Å². The number of nitrogens with one attached hydrogen (secondary N) is 1. The molecule has 2 amide bonds. The monoisotopic (exact) mass is 322 g/mol. The maximum absolute atomic E-state index is 12.3. The second kappa shape index (κ2) is 8.62. The van der Waals surface area contributed by atoms with Crippen molar-refractivity contribution in [3.8, 4) is 11.5 Å². The van der Waals surface area contributed by atoms with Crippen LogP contribution in [-0.4, -0.2) is 52.0 Å². The summed E-state index contributed by atoms with van der Waals surface area (Å²) in [5.41, 5.74) is 0.686. The molecule has 0 bridgehead atoms. The van der Waals surface area contributed by atoms with E-state index in [0.29, 0.717) is 23.1 Å². The fourth-order valence-corrected chi connectivity index (χ4v) is 2.65. The number of rotatable bonds is 6. The van der Waals surface area contributed by atoms with Gasteiger partial charge in [0.2, 0.25) is 0 Å². The number of nitrogens with zero attached hydrogens (tertiary/aromatic N) is 1. The fraction of sp³-hybridized carbons (Fsp3) is 0.588. The molecule has 1 aliphatic heterocycles. The van der Waals surface area contributed by atoms with Gasteiger partial charge in [-0.3, -0.25) is 0 Å². The summed E-state index contributed by atoms with van der Waals surface area (Å²) in [5, 5.41) is 2.88. The van der Waals surface area contributed by atoms with Gasteiger partial charge in [0.05, 0.1) is 14.2 Å². The number of ether oxygens (including phenoxy) is 3. The molecule has 1 N–H and O–H groups in total. The summed E-state index contributed by atoms with van der Waals surface area (Å²) in [4.78, 5) is 14.0. The van der Waals surface area contributed by atoms with Gasteiger partial charge in [-0.25, -0.2) is 4.79 Å². The van der Waals surface area contributed by atoms with Crippen molar-refractivity contribution in [3.05, 3.63) is 18.2 Å². The number of amides is 2. The lowest BCUT2D eigenvalue weighted by atomic mass is 9.96. The maximum Gasteiger partial charge on any atom is 0.321 e. The fourth-order valence-electron chi connectivity index (χ4n) is 2.65. The molecule has 1 aromatic rings. The highest BCUT2D eigenvalue weighted by Crippen LogP contribution is 2.29. The molecule has 1 saturated heterocycles. The number of hydrogen-bond acceptors (Lipinski definition) is 4. The minimum absolute atomic E-state index is 0.121. The van der Waals surface area contributed by atoms with Gasteiger partial charge in [0.25, 0.3) is 0 Å². The Morgan fingerprint density at radius 2 is 1.96 bits per heavy atom. The van der Waals surface area contributed by atoms with E-state index in [1.165, 1.54) is 0 Å². The Morgan fingerprint density at radius 1 is 1.26 bits per heavy atom. The van der Waals surface area contributed by atoms with Crippen LogP contribution in [0.2, 0.25) is 0 Å². The molecule has 128 valence electrons. The van der Waals surface area contributed by atoms with E-state index in [4.69, 9.17) is 14.2 Å². The molecule has 0 aliphatic carbocycles. The molecule has 6 nitrogen and oxygen atoms in total. The molecule has 0 atom stereocenters. The summed E-state index contributed by atoms with van der Waals surface area (Å²) < 4.78 is 15.8. The molecule has 2 rings (SSSR count). The predicted octanol–water partition coefficient (Wildman–Crippen LogP) is 2.98. The third kappa shape index (κ3) is 5.03. The van der Waals surface area contributed by atoms with Crippen molar-refractivity contribution in [1.82, 2.24) is 4.90 Å². The number of urea groups is 1. The number of carbonyl (C=O) groups excluding carboxylic acids is 1. The van der Waals surface area contributed by atoms with Crippen LogP contribution in [0.25, 0.3) is 0 Å². The lowest BCUT2D eigenvalue weighted by molar-refractivity contribution is 0.0621. The van der Waals surface area contributed by atoms with Gasteiger partial charge >= 0.3 is 6.03 Å². The molecule has 0 aromatic heterocycles. The minimum Gasteiger partial charge on any atom is -0.493 e. The van der Waals surface area contributed by atoms with E-state index < -0.39 is 0 Å². The molecule has 0 radical (unpaired) electrons. The van der Waals surface area contributed by atoms with Crippen molar-refractivity contribution in [2.24, 2.45) is 5.92 Å². The normalized spacial score (nSPS) is 15.1. The highest BCUT2D eigenvalue weighted by atomic mass is 16.5. The summed E-state index contributed by atoms with van der Waals surface area (Å²) in [6.07, 6.45) is 3.19. The largest absolute Gasteiger partial charge is 0.493 e. The van der Waals surface area contributed by atoms with Gasteiger partial charge < -0.3 is 24.4 Å². The first-order valence-electron chi connectivity index (χ1n) is 7.96. The molecule has 0 saturated carbocycles. The third-order valence-corrected chi connectivity index (χ3v) is 4.20. The Labute approximate surface area is 137 Å². The van der Waals surface area contributed by atoms with Crippen LogP contribution < -0.4 is 14.8 Å². The lowest BCUT2D eigenvalue weighted by Gasteiger charge is -2.25. The molecular weight excluding hydrogens is 296 g/mol. The highest BCUT2D eigenvalue weighted by molar-refractivity contribution is 5.89. The molecular formula is C17H26N2O4. The Kier molecular flexibility index (Phi) is 6.52. The Morgan fingerprint density at radius 3 is 2.61 bits per heavy atom. The average molecular weight is 322 g/mol. The molecule has 0 unspecified atom stereocenters. The van der Waals surface area contributed by atoms with E-state index in [0.717, 1.165) is 39.0 Å². The number of benzene rings is 1. The van der Waals surface area contributed by atoms with Crippen LogP contribution in [-0.2, 0) is 4.74 Å². The number of hydrogen-bond donors (Lipinski definition) is 1. The van der Waals surface area contributed by atoms with Crippen LogP contribution >= 0.6 is 0 Å². The van der Waals surface area contributed by atoms with Crippen LogP contribution in [0, 0.1) is 5.92 Å². The van der Waals surface area contributed by atoms with Gasteiger partial charge in [-0.15, -0.1) is 0 Å². The van der Waals surface area contributed by atoms with Gasteiger partial charge in [0.15, 0.2) is 11.5 Å². The Balaban J connectivity index is 1.85. The summed E-state index contributed by atoms with van der Waals surface area (Å²) >= 11 is 0. The standard InChI is InChI=1S/C17H26N2O4/c1-19(9-6-13-7-10-23-11-8-13)17(20)18-14-4-5-15(21-2)16(12-14)22-3/h4-5,12-13H,6-11H2,1-3H3,(H,18,20). The van der Waals surface area contributed by atoms with Crippen LogP contribution in [0.5, 0.6) is 11.5 Å². The topological polar surface area (TPSA) is 60.0 Å². The van der Waals surface area contributed by atoms with E-state index in [1.54, 1.807) is 37.3 Å². The first-order valence-corrected chi connectivity index (χ1v) is 7.96. The Bertz CT molecular complexity index is 515. The second-order valence-corrected chi connectivity index (χ2v) is 5.77. The molecule has 23 heavy (non-hydrogen) atoms. The van der Waals surface area contributed by atoms with Gasteiger partial charge in [-0.1, -0.05) is 0 Å². The van der Waals surface area contributed by atoms with Crippen LogP contribution in [0.15, 0.2) is 18.2 Å². The zero-order chi connectivity index (χ0) is 16.7. The second-order valence-electron chi connectivity index (χ2n) is 5.77. The summed E-state index contributed by atoms with van der Waals surface area (Å²) in [6.45, 7) is 2.42. The van der Waals surface area contributed by atoms with Crippen LogP contribution in [0.3, 0.4) is 0 Å². The van der Waals surface area contributed by atoms with Crippen molar-refractivity contribution in [3.63, 3.8) is 0 Å². The molecule has 6 heteroatoms. The number of carbonyl (C=O) groups is 1. The SMILES string of the molecule is COc1ccc(NC(=O)N(C)CCC2CCOCC2)cc1OC. The molecule has 0 spiro atoms. The van der Waals surface area contributed by atoms with E-state index in [1.807, 2.05) is 7.05 Å². The average Bonchev–Trinajstić information content (AvgIpc) is 2.60. The van der Waals surface area contributed by atoms with Crippen molar-refractivity contribution in [1.29, 1.82) is 0 Å². The van der Waals surface area contributed by atoms with E-state index >= 15 is 0 Å². The zero-order valence-electron chi connectivity index (χ0n) is 14.1. The molecule has 1 heterocycles. The quantitative estimate of drug-likeness (QED) is 0.875. The minimum atomic E-state index is -0.121. The van der Waals surface area contributed by atoms with Crippen LogP contribution in [0.4, 0.5) is 10.5 Å². The van der Waals surface area contributed by atoms with E-state index in [2.05, 4.69) is 5.32 Å². The van der Waals surface area contributed by atoms with Crippen molar-refractivity contribution >= 4 is 11.7 Å². The third-order valence-electron chi connectivity index (χ3n) is 4.20. The van der Waals surface area contributed by atoms with Gasteiger partial charge in [-0.05, 0) is 37.3 Å². The first kappa shape index (κ1) is 17.4. The predicted molar refractivity (Wildman–Crippen MR) is 89.4 cm³/mol. The van der Waals surface area contributed by atoms with Gasteiger partial charge in [0, 0.05) is 38.6 Å². The summed E-state index contributed by atoms with van der Waals surface area (Å²) in [5.74, 6) is 1.88.